The van der Waals surface area contributed by atoms with E-state index in [2.05, 4.69) is 19.6 Å². The average Bonchev–Trinajstić information content (AvgIpc) is 3.36. The van der Waals surface area contributed by atoms with E-state index in [-0.39, 0.29) is 11.3 Å². The lowest BCUT2D eigenvalue weighted by atomic mass is 9.91. The second kappa shape index (κ2) is 7.83. The number of hydrogen-bond acceptors (Lipinski definition) is 4. The van der Waals surface area contributed by atoms with E-state index in [4.69, 9.17) is 16.1 Å². The molecule has 6 nitrogen and oxygen atoms in total. The van der Waals surface area contributed by atoms with Crippen molar-refractivity contribution < 1.29 is 9.32 Å². The van der Waals surface area contributed by atoms with Crippen LogP contribution in [0.5, 0.6) is 0 Å². The maximum atomic E-state index is 13.4. The number of halogens is 1. The van der Waals surface area contributed by atoms with Gasteiger partial charge in [-0.05, 0) is 57.2 Å². The van der Waals surface area contributed by atoms with Crippen molar-refractivity contribution in [2.75, 3.05) is 13.1 Å². The minimum absolute atomic E-state index is 0.271. The van der Waals surface area contributed by atoms with Gasteiger partial charge in [0.2, 0.25) is 5.91 Å². The Kier molecular flexibility index (Phi) is 5.13. The van der Waals surface area contributed by atoms with Gasteiger partial charge >= 0.3 is 0 Å². The molecule has 1 aliphatic heterocycles. The molecule has 1 saturated carbocycles. The number of carbonyl (C=O) groups excluding carboxylic acids is 1. The van der Waals surface area contributed by atoms with E-state index in [0.717, 1.165) is 73.7 Å². The van der Waals surface area contributed by atoms with Crippen LogP contribution >= 0.6 is 11.6 Å². The second-order valence-electron chi connectivity index (χ2n) is 8.87. The summed E-state index contributed by atoms with van der Waals surface area (Å²) in [6.07, 6.45) is 7.61. The summed E-state index contributed by atoms with van der Waals surface area (Å²) in [5.41, 5.74) is 2.80. The molecule has 2 aliphatic rings. The fourth-order valence-electron chi connectivity index (χ4n) is 4.88. The third-order valence-electron chi connectivity index (χ3n) is 6.96. The van der Waals surface area contributed by atoms with Crippen LogP contribution in [0.2, 0.25) is 5.02 Å². The molecule has 1 aromatic carbocycles. The molecule has 7 heteroatoms. The Morgan fingerprint density at radius 1 is 1.19 bits per heavy atom. The number of nitrogens with zero attached hydrogens (tertiary/aromatic N) is 4. The molecule has 3 aromatic rings. The van der Waals surface area contributed by atoms with Crippen LogP contribution in [-0.4, -0.2) is 38.6 Å². The largest absolute Gasteiger partial charge is 0.361 e. The van der Waals surface area contributed by atoms with Crippen molar-refractivity contribution in [2.24, 2.45) is 0 Å². The van der Waals surface area contributed by atoms with Gasteiger partial charge in [-0.25, -0.2) is 4.98 Å². The van der Waals surface area contributed by atoms with E-state index < -0.39 is 0 Å². The standard InChI is InChI=1S/C24H27ClN4O2/c1-16-21(17(2)31-27-16)15-29-14-11-26-22(29)18-7-12-28(13-8-18)23(30)24(9-10-24)19-3-5-20(25)6-4-19/h3-6,11,14,18H,7-10,12-13,15H2,1-2H3. The van der Waals surface area contributed by atoms with Crippen molar-refractivity contribution in [3.8, 4) is 0 Å². The SMILES string of the molecule is Cc1noc(C)c1Cn1ccnc1C1CCN(C(=O)C2(c3ccc(Cl)cc3)CC2)CC1. The third kappa shape index (κ3) is 3.67. The van der Waals surface area contributed by atoms with E-state index >= 15 is 0 Å². The first-order valence-electron chi connectivity index (χ1n) is 11.0. The van der Waals surface area contributed by atoms with Crippen LogP contribution in [0.15, 0.2) is 41.2 Å². The molecule has 1 saturated heterocycles. The number of hydrogen-bond donors (Lipinski definition) is 0. The monoisotopic (exact) mass is 438 g/mol. The van der Waals surface area contributed by atoms with Crippen LogP contribution in [0.25, 0.3) is 0 Å². The van der Waals surface area contributed by atoms with Gasteiger partial charge in [0, 0.05) is 42.0 Å². The highest BCUT2D eigenvalue weighted by molar-refractivity contribution is 6.30. The van der Waals surface area contributed by atoms with Gasteiger partial charge in [0.05, 0.1) is 17.7 Å². The molecule has 0 N–H and O–H groups in total. The molecule has 2 fully saturated rings. The summed E-state index contributed by atoms with van der Waals surface area (Å²) in [6.45, 7) is 6.19. The highest BCUT2D eigenvalue weighted by atomic mass is 35.5. The molecule has 0 unspecified atom stereocenters. The van der Waals surface area contributed by atoms with Crippen LogP contribution in [0, 0.1) is 13.8 Å². The third-order valence-corrected chi connectivity index (χ3v) is 7.21. The summed E-state index contributed by atoms with van der Waals surface area (Å²) in [7, 11) is 0. The Balaban J connectivity index is 1.26. The summed E-state index contributed by atoms with van der Waals surface area (Å²) in [6, 6.07) is 7.78. The van der Waals surface area contributed by atoms with E-state index in [1.807, 2.05) is 50.5 Å². The predicted octanol–water partition coefficient (Wildman–Crippen LogP) is 4.63. The number of benzene rings is 1. The number of aromatic nitrogens is 3. The van der Waals surface area contributed by atoms with Crippen molar-refractivity contribution in [2.45, 2.75) is 57.4 Å². The van der Waals surface area contributed by atoms with E-state index in [0.29, 0.717) is 10.9 Å². The Hall–Kier alpha value is -2.60. The van der Waals surface area contributed by atoms with E-state index in [1.165, 1.54) is 0 Å². The van der Waals surface area contributed by atoms with E-state index in [9.17, 15) is 4.79 Å². The average molecular weight is 439 g/mol. The molecular weight excluding hydrogens is 412 g/mol. The van der Waals surface area contributed by atoms with Crippen molar-refractivity contribution in [3.63, 3.8) is 0 Å². The maximum Gasteiger partial charge on any atom is 0.233 e. The molecule has 0 atom stereocenters. The fourth-order valence-corrected chi connectivity index (χ4v) is 5.00. The number of rotatable bonds is 5. The van der Waals surface area contributed by atoms with Crippen LogP contribution in [-0.2, 0) is 16.8 Å². The van der Waals surface area contributed by atoms with Gasteiger partial charge in [0.1, 0.15) is 11.6 Å². The zero-order valence-corrected chi connectivity index (χ0v) is 18.7. The zero-order chi connectivity index (χ0) is 21.6. The smallest absolute Gasteiger partial charge is 0.233 e. The van der Waals surface area contributed by atoms with Crippen molar-refractivity contribution in [1.29, 1.82) is 0 Å². The van der Waals surface area contributed by atoms with Crippen molar-refractivity contribution in [1.82, 2.24) is 19.6 Å². The van der Waals surface area contributed by atoms with Gasteiger partial charge in [-0.15, -0.1) is 0 Å². The Bertz CT molecular complexity index is 1070. The van der Waals surface area contributed by atoms with Crippen molar-refractivity contribution >= 4 is 17.5 Å². The highest BCUT2D eigenvalue weighted by Gasteiger charge is 2.53. The Morgan fingerprint density at radius 2 is 1.90 bits per heavy atom. The summed E-state index contributed by atoms with van der Waals surface area (Å²) in [5, 5.41) is 4.77. The summed E-state index contributed by atoms with van der Waals surface area (Å²) in [4.78, 5) is 20.1. The normalized spacial score (nSPS) is 18.4. The van der Waals surface area contributed by atoms with Gasteiger partial charge < -0.3 is 14.0 Å². The molecule has 2 aromatic heterocycles. The number of piperidine rings is 1. The molecule has 0 radical (unpaired) electrons. The summed E-state index contributed by atoms with van der Waals surface area (Å²) in [5.74, 6) is 2.57. The number of likely N-dealkylation sites (tertiary alicyclic amines) is 1. The minimum Gasteiger partial charge on any atom is -0.361 e. The summed E-state index contributed by atoms with van der Waals surface area (Å²) >= 11 is 6.04. The first kappa shape index (κ1) is 20.3. The van der Waals surface area contributed by atoms with Gasteiger partial charge in [-0.3, -0.25) is 4.79 Å². The lowest BCUT2D eigenvalue weighted by Crippen LogP contribution is -2.44. The molecule has 5 rings (SSSR count). The quantitative estimate of drug-likeness (QED) is 0.582. The Morgan fingerprint density at radius 3 is 2.52 bits per heavy atom. The predicted molar refractivity (Wildman–Crippen MR) is 118 cm³/mol. The molecule has 1 amide bonds. The molecule has 162 valence electrons. The van der Waals surface area contributed by atoms with Gasteiger partial charge in [0.25, 0.3) is 0 Å². The van der Waals surface area contributed by atoms with Crippen LogP contribution in [0.4, 0.5) is 0 Å². The first-order chi connectivity index (χ1) is 15.0. The first-order valence-corrected chi connectivity index (χ1v) is 11.3. The van der Waals surface area contributed by atoms with Crippen molar-refractivity contribution in [3.05, 3.63) is 70.1 Å². The number of amides is 1. The molecular formula is C24H27ClN4O2. The lowest BCUT2D eigenvalue weighted by molar-refractivity contribution is -0.135. The summed E-state index contributed by atoms with van der Waals surface area (Å²) < 4.78 is 7.51. The number of imidazole rings is 1. The van der Waals surface area contributed by atoms with Crippen LogP contribution < -0.4 is 0 Å². The number of carbonyl (C=O) groups is 1. The van der Waals surface area contributed by atoms with Gasteiger partial charge in [-0.1, -0.05) is 28.9 Å². The highest BCUT2D eigenvalue weighted by Crippen LogP contribution is 2.50. The molecule has 0 spiro atoms. The van der Waals surface area contributed by atoms with E-state index in [1.54, 1.807) is 0 Å². The minimum atomic E-state index is -0.334. The number of aryl methyl sites for hydroxylation is 2. The zero-order valence-electron chi connectivity index (χ0n) is 18.0. The molecule has 3 heterocycles. The Labute approximate surface area is 187 Å². The maximum absolute atomic E-state index is 13.4. The molecule has 1 aliphatic carbocycles. The van der Waals surface area contributed by atoms with Gasteiger partial charge in [0.15, 0.2) is 0 Å². The lowest BCUT2D eigenvalue weighted by Gasteiger charge is -2.34. The fraction of sp³-hybridized carbons (Fsp3) is 0.458. The van der Waals surface area contributed by atoms with Crippen LogP contribution in [0.1, 0.15) is 60.0 Å². The molecule has 31 heavy (non-hydrogen) atoms. The van der Waals surface area contributed by atoms with Gasteiger partial charge in [-0.2, -0.15) is 0 Å². The molecule has 0 bridgehead atoms. The van der Waals surface area contributed by atoms with Crippen LogP contribution in [0.3, 0.4) is 0 Å². The second-order valence-corrected chi connectivity index (χ2v) is 9.31. The topological polar surface area (TPSA) is 64.2 Å².